The summed E-state index contributed by atoms with van der Waals surface area (Å²) in [5.41, 5.74) is 3.96. The Morgan fingerprint density at radius 3 is 2.47 bits per heavy atom. The molecule has 5 aromatic rings. The molecule has 1 fully saturated rings. The SMILES string of the molecule is COc1cc(NC(=O)OCCCNC(=O)CCN2CCC(OC(=O)Nc3ccccc3-c3ccccc3)CC2)c(Cl)cc1CNC[C@H](O)c1ccc(O)c2[nH]c(=O)ccc12. The summed E-state index contributed by atoms with van der Waals surface area (Å²) in [4.78, 5) is 54.3. The number of halogens is 1. The lowest BCUT2D eigenvalue weighted by Gasteiger charge is -2.31. The third kappa shape index (κ3) is 12.0. The highest BCUT2D eigenvalue weighted by Gasteiger charge is 2.23. The van der Waals surface area contributed by atoms with Crippen molar-refractivity contribution >= 4 is 52.0 Å². The van der Waals surface area contributed by atoms with Gasteiger partial charge in [-0.05, 0) is 54.7 Å². The number of fused-ring (bicyclic) bond motifs is 1. The zero-order chi connectivity index (χ0) is 42.4. The summed E-state index contributed by atoms with van der Waals surface area (Å²) in [6.07, 6.45) is -0.306. The maximum atomic E-state index is 12.7. The van der Waals surface area contributed by atoms with Gasteiger partial charge in [0.05, 0.1) is 41.7 Å². The Morgan fingerprint density at radius 2 is 1.68 bits per heavy atom. The van der Waals surface area contributed by atoms with Crippen LogP contribution in [0.2, 0.25) is 5.02 Å². The molecule has 1 aliphatic heterocycles. The number of aromatic hydroxyl groups is 1. The number of H-pyrrole nitrogens is 1. The van der Waals surface area contributed by atoms with Gasteiger partial charge in [-0.15, -0.1) is 0 Å². The predicted molar refractivity (Wildman–Crippen MR) is 230 cm³/mol. The van der Waals surface area contributed by atoms with E-state index in [4.69, 9.17) is 25.8 Å². The molecule has 4 aromatic carbocycles. The molecule has 1 saturated heterocycles. The van der Waals surface area contributed by atoms with E-state index < -0.39 is 18.3 Å². The highest BCUT2D eigenvalue weighted by Crippen LogP contribution is 2.32. The molecule has 1 atom stereocenters. The number of anilines is 2. The number of rotatable bonds is 17. The molecule has 0 bridgehead atoms. The molecule has 316 valence electrons. The molecule has 0 unspecified atom stereocenters. The van der Waals surface area contributed by atoms with E-state index in [0.29, 0.717) is 79.8 Å². The van der Waals surface area contributed by atoms with Gasteiger partial charge in [-0.25, -0.2) is 9.59 Å². The average Bonchev–Trinajstić information content (AvgIpc) is 3.25. The molecular formula is C44H49ClN6O9. The van der Waals surface area contributed by atoms with Crippen molar-refractivity contribution in [3.63, 3.8) is 0 Å². The summed E-state index contributed by atoms with van der Waals surface area (Å²) in [5, 5.41) is 33.3. The zero-order valence-electron chi connectivity index (χ0n) is 33.2. The number of aromatic nitrogens is 1. The topological polar surface area (TPSA) is 204 Å². The second-order valence-electron chi connectivity index (χ2n) is 14.3. The molecule has 0 saturated carbocycles. The number of phenols is 1. The van der Waals surface area contributed by atoms with E-state index >= 15 is 0 Å². The quantitative estimate of drug-likeness (QED) is 0.0501. The number of pyridine rings is 1. The van der Waals surface area contributed by atoms with Gasteiger partial charge < -0.3 is 44.9 Å². The van der Waals surface area contributed by atoms with Crippen molar-refractivity contribution in [1.82, 2.24) is 20.5 Å². The summed E-state index contributed by atoms with van der Waals surface area (Å²) in [5.74, 6) is 0.236. The molecule has 7 N–H and O–H groups in total. The first-order chi connectivity index (χ1) is 29.1. The van der Waals surface area contributed by atoms with Crippen LogP contribution >= 0.6 is 11.6 Å². The van der Waals surface area contributed by atoms with Gasteiger partial charge in [-0.2, -0.15) is 0 Å². The Bertz CT molecular complexity index is 2320. The normalized spacial score (nSPS) is 13.7. The van der Waals surface area contributed by atoms with Gasteiger partial charge in [0.15, 0.2) is 0 Å². The second-order valence-corrected chi connectivity index (χ2v) is 14.7. The van der Waals surface area contributed by atoms with Crippen LogP contribution in [0.4, 0.5) is 21.0 Å². The number of ether oxygens (including phenoxy) is 3. The number of hydrogen-bond acceptors (Lipinski definition) is 11. The van der Waals surface area contributed by atoms with Crippen LogP contribution in [0.3, 0.4) is 0 Å². The molecule has 2 heterocycles. The molecule has 3 amide bonds. The fourth-order valence-corrected chi connectivity index (χ4v) is 7.22. The smallest absolute Gasteiger partial charge is 0.411 e. The number of likely N-dealkylation sites (tertiary alicyclic amines) is 1. The van der Waals surface area contributed by atoms with Crippen LogP contribution in [-0.4, -0.2) is 90.7 Å². The van der Waals surface area contributed by atoms with Crippen LogP contribution in [0.15, 0.2) is 95.8 Å². The molecule has 1 aromatic heterocycles. The molecule has 1 aliphatic rings. The van der Waals surface area contributed by atoms with Crippen LogP contribution in [-0.2, 0) is 20.8 Å². The Hall–Kier alpha value is -6.13. The van der Waals surface area contributed by atoms with Gasteiger partial charge >= 0.3 is 12.2 Å². The Kier molecular flexibility index (Phi) is 15.4. The van der Waals surface area contributed by atoms with Gasteiger partial charge in [0.2, 0.25) is 11.5 Å². The largest absolute Gasteiger partial charge is 0.506 e. The number of piperidine rings is 1. The molecule has 15 nitrogen and oxygen atoms in total. The lowest BCUT2D eigenvalue weighted by Crippen LogP contribution is -2.40. The van der Waals surface area contributed by atoms with Gasteiger partial charge in [0.1, 0.15) is 17.6 Å². The molecular weight excluding hydrogens is 792 g/mol. The fraction of sp³-hybridized carbons (Fsp3) is 0.318. The number of nitrogens with zero attached hydrogens (tertiary/aromatic N) is 1. The Morgan fingerprint density at radius 1 is 0.933 bits per heavy atom. The van der Waals surface area contributed by atoms with Gasteiger partial charge in [0.25, 0.3) is 0 Å². The number of carbonyl (C=O) groups is 3. The van der Waals surface area contributed by atoms with Crippen LogP contribution < -0.4 is 31.6 Å². The van der Waals surface area contributed by atoms with E-state index in [1.165, 1.54) is 19.2 Å². The van der Waals surface area contributed by atoms with E-state index in [0.717, 1.165) is 11.1 Å². The molecule has 0 radical (unpaired) electrons. The number of aliphatic hydroxyl groups excluding tert-OH is 1. The fourth-order valence-electron chi connectivity index (χ4n) is 6.98. The molecule has 0 spiro atoms. The number of phenolic OH excluding ortho intramolecular Hbond substituents is 1. The van der Waals surface area contributed by atoms with E-state index in [1.807, 2.05) is 54.6 Å². The lowest BCUT2D eigenvalue weighted by atomic mass is 10.0. The van der Waals surface area contributed by atoms with Crippen LogP contribution in [0.25, 0.3) is 22.0 Å². The lowest BCUT2D eigenvalue weighted by molar-refractivity contribution is -0.121. The standard InChI is InChI=1S/C44H49ClN6O9/c1-58-39-25-36(34(45)24-29(39)26-46-27-38(53)32-12-14-37(52)42-33(32)13-15-41(55)50-42)49-43(56)59-23-7-19-47-40(54)18-22-51-20-16-30(17-21-51)60-44(57)48-35-11-6-5-10-31(35)28-8-3-2-4-9-28/h2-6,8-15,24-25,30,38,46,52-53H,7,16-23,26-27H2,1H3,(H,47,54)(H,48,57)(H,49,56)(H,50,55)/t38-/m0/s1. The van der Waals surface area contributed by atoms with Crippen LogP contribution in [0.5, 0.6) is 11.5 Å². The van der Waals surface area contributed by atoms with E-state index in [1.54, 1.807) is 24.3 Å². The molecule has 6 rings (SSSR count). The zero-order valence-corrected chi connectivity index (χ0v) is 33.9. The molecule has 16 heteroatoms. The van der Waals surface area contributed by atoms with Crippen LogP contribution in [0.1, 0.15) is 42.9 Å². The first kappa shape index (κ1) is 43.4. The minimum Gasteiger partial charge on any atom is -0.506 e. The van der Waals surface area contributed by atoms with Crippen molar-refractivity contribution in [2.45, 2.75) is 44.4 Å². The minimum absolute atomic E-state index is 0.0660. The third-order valence-corrected chi connectivity index (χ3v) is 10.4. The number of methoxy groups -OCH3 is 1. The van der Waals surface area contributed by atoms with Crippen molar-refractivity contribution in [1.29, 1.82) is 0 Å². The third-order valence-electron chi connectivity index (χ3n) is 10.1. The number of aromatic amines is 1. The van der Waals surface area contributed by atoms with Crippen molar-refractivity contribution in [2.24, 2.45) is 0 Å². The predicted octanol–water partition coefficient (Wildman–Crippen LogP) is 6.54. The highest BCUT2D eigenvalue weighted by atomic mass is 35.5. The van der Waals surface area contributed by atoms with Crippen molar-refractivity contribution in [2.75, 3.05) is 57.1 Å². The van der Waals surface area contributed by atoms with E-state index in [9.17, 15) is 29.4 Å². The monoisotopic (exact) mass is 840 g/mol. The van der Waals surface area contributed by atoms with Crippen molar-refractivity contribution < 1.29 is 38.8 Å². The Labute approximate surface area is 352 Å². The Balaban J connectivity index is 0.842. The van der Waals surface area contributed by atoms with Gasteiger partial charge in [-0.1, -0.05) is 66.2 Å². The van der Waals surface area contributed by atoms with Crippen LogP contribution in [0, 0.1) is 0 Å². The summed E-state index contributed by atoms with van der Waals surface area (Å²) in [7, 11) is 1.48. The van der Waals surface area contributed by atoms with Crippen molar-refractivity contribution in [3.05, 3.63) is 117 Å². The highest BCUT2D eigenvalue weighted by molar-refractivity contribution is 6.33. The molecule has 0 aliphatic carbocycles. The van der Waals surface area contributed by atoms with Crippen molar-refractivity contribution in [3.8, 4) is 22.6 Å². The number of para-hydroxylation sites is 1. The maximum absolute atomic E-state index is 12.7. The number of benzene rings is 4. The first-order valence-electron chi connectivity index (χ1n) is 19.7. The number of aliphatic hydroxyl groups is 1. The number of carbonyl (C=O) groups excluding carboxylic acids is 3. The summed E-state index contributed by atoms with van der Waals surface area (Å²) >= 11 is 6.48. The number of hydrogen-bond donors (Lipinski definition) is 7. The minimum atomic E-state index is -0.960. The van der Waals surface area contributed by atoms with Gasteiger partial charge in [-0.3, -0.25) is 20.2 Å². The number of amides is 3. The van der Waals surface area contributed by atoms with E-state index in [2.05, 4.69) is 31.2 Å². The number of nitrogens with one attached hydrogen (secondary N) is 5. The first-order valence-corrected chi connectivity index (χ1v) is 20.1. The summed E-state index contributed by atoms with van der Waals surface area (Å²) < 4.78 is 16.5. The molecule has 60 heavy (non-hydrogen) atoms. The van der Waals surface area contributed by atoms with Gasteiger partial charge in [0, 0.05) is 74.3 Å². The summed E-state index contributed by atoms with van der Waals surface area (Å²) in [6.45, 7) is 2.80. The van der Waals surface area contributed by atoms with E-state index in [-0.39, 0.29) is 59.2 Å². The summed E-state index contributed by atoms with van der Waals surface area (Å²) in [6, 6.07) is 26.5. The second kappa shape index (κ2) is 21.2. The average molecular weight is 841 g/mol. The maximum Gasteiger partial charge on any atom is 0.411 e.